The Morgan fingerprint density at radius 3 is 2.10 bits per heavy atom. The predicted octanol–water partition coefficient (Wildman–Crippen LogP) is 5.23. The van der Waals surface area contributed by atoms with E-state index in [0.29, 0.717) is 21.4 Å². The number of rotatable bonds is 2. The van der Waals surface area contributed by atoms with E-state index in [1.54, 1.807) is 18.3 Å². The normalized spacial score (nSPS) is 10.8. The highest BCUT2D eigenvalue weighted by Gasteiger charge is 2.15. The molecule has 100 valence electrons. The standard InChI is InChI=1S/C13H6Cl3N3S/c14-8-3-1-7(2-4-8)9-10(15)18-12(19-11(9)16)13-17-5-6-20-13/h1-6H. The van der Waals surface area contributed by atoms with E-state index < -0.39 is 0 Å². The Bertz CT molecular complexity index is 719. The Labute approximate surface area is 134 Å². The van der Waals surface area contributed by atoms with E-state index in [2.05, 4.69) is 15.0 Å². The molecule has 0 bridgehead atoms. The van der Waals surface area contributed by atoms with E-state index >= 15 is 0 Å². The number of thiazole rings is 1. The van der Waals surface area contributed by atoms with Crippen molar-refractivity contribution in [2.24, 2.45) is 0 Å². The Hall–Kier alpha value is -1.20. The molecule has 7 heteroatoms. The maximum absolute atomic E-state index is 6.23. The van der Waals surface area contributed by atoms with Crippen molar-refractivity contribution in [1.82, 2.24) is 15.0 Å². The van der Waals surface area contributed by atoms with E-state index in [4.69, 9.17) is 34.8 Å². The van der Waals surface area contributed by atoms with Gasteiger partial charge in [0.15, 0.2) is 10.8 Å². The topological polar surface area (TPSA) is 38.7 Å². The molecule has 0 saturated heterocycles. The number of hydrogen-bond donors (Lipinski definition) is 0. The highest BCUT2D eigenvalue weighted by molar-refractivity contribution is 7.13. The van der Waals surface area contributed by atoms with Crippen molar-refractivity contribution in [2.45, 2.75) is 0 Å². The van der Waals surface area contributed by atoms with Crippen LogP contribution in [-0.4, -0.2) is 15.0 Å². The zero-order valence-corrected chi connectivity index (χ0v) is 12.9. The fraction of sp³-hybridized carbons (Fsp3) is 0. The van der Waals surface area contributed by atoms with Gasteiger partial charge in [-0.15, -0.1) is 11.3 Å². The van der Waals surface area contributed by atoms with Gasteiger partial charge in [-0.1, -0.05) is 46.9 Å². The lowest BCUT2D eigenvalue weighted by Crippen LogP contribution is -1.94. The zero-order chi connectivity index (χ0) is 14.1. The lowest BCUT2D eigenvalue weighted by Gasteiger charge is -2.07. The first-order valence-electron chi connectivity index (χ1n) is 5.54. The zero-order valence-electron chi connectivity index (χ0n) is 9.85. The summed E-state index contributed by atoms with van der Waals surface area (Å²) < 4.78 is 0. The number of nitrogens with zero attached hydrogens (tertiary/aromatic N) is 3. The van der Waals surface area contributed by atoms with E-state index in [1.807, 2.05) is 17.5 Å². The number of benzene rings is 1. The van der Waals surface area contributed by atoms with Gasteiger partial charge in [0, 0.05) is 16.6 Å². The molecule has 0 spiro atoms. The highest BCUT2D eigenvalue weighted by Crippen LogP contribution is 2.34. The molecule has 0 N–H and O–H groups in total. The third-order valence-electron chi connectivity index (χ3n) is 2.58. The highest BCUT2D eigenvalue weighted by atomic mass is 35.5. The molecule has 0 aliphatic heterocycles. The monoisotopic (exact) mass is 341 g/mol. The van der Waals surface area contributed by atoms with E-state index in [1.165, 1.54) is 11.3 Å². The van der Waals surface area contributed by atoms with Crippen molar-refractivity contribution >= 4 is 46.1 Å². The molecule has 20 heavy (non-hydrogen) atoms. The van der Waals surface area contributed by atoms with Gasteiger partial charge >= 0.3 is 0 Å². The van der Waals surface area contributed by atoms with Crippen LogP contribution in [0.15, 0.2) is 35.8 Å². The van der Waals surface area contributed by atoms with Crippen molar-refractivity contribution in [3.63, 3.8) is 0 Å². The molecule has 3 rings (SSSR count). The first-order chi connectivity index (χ1) is 9.65. The second kappa shape index (κ2) is 5.66. The number of halogens is 3. The fourth-order valence-electron chi connectivity index (χ4n) is 1.69. The maximum Gasteiger partial charge on any atom is 0.191 e. The van der Waals surface area contributed by atoms with Crippen LogP contribution >= 0.6 is 46.1 Å². The average molecular weight is 343 g/mol. The summed E-state index contributed by atoms with van der Waals surface area (Å²) in [5, 5.41) is 3.74. The van der Waals surface area contributed by atoms with Gasteiger partial charge in [0.05, 0.1) is 5.56 Å². The smallest absolute Gasteiger partial charge is 0.191 e. The molecule has 3 aromatic rings. The summed E-state index contributed by atoms with van der Waals surface area (Å²) in [6.07, 6.45) is 1.68. The van der Waals surface area contributed by atoms with Gasteiger partial charge in [-0.3, -0.25) is 0 Å². The third kappa shape index (κ3) is 2.65. The van der Waals surface area contributed by atoms with Gasteiger partial charge < -0.3 is 0 Å². The van der Waals surface area contributed by atoms with Crippen LogP contribution in [0.5, 0.6) is 0 Å². The first-order valence-corrected chi connectivity index (χ1v) is 7.55. The summed E-state index contributed by atoms with van der Waals surface area (Å²) in [6.45, 7) is 0. The number of aromatic nitrogens is 3. The molecule has 0 atom stereocenters. The second-order valence-electron chi connectivity index (χ2n) is 3.85. The first kappa shape index (κ1) is 13.8. The Balaban J connectivity index is 2.11. The van der Waals surface area contributed by atoms with Gasteiger partial charge in [-0.25, -0.2) is 15.0 Å². The molecule has 0 fully saturated rings. The average Bonchev–Trinajstić information content (AvgIpc) is 2.94. The minimum atomic E-state index is 0.289. The third-order valence-corrected chi connectivity index (χ3v) is 4.15. The van der Waals surface area contributed by atoms with Crippen LogP contribution in [0.25, 0.3) is 22.0 Å². The molecule has 0 radical (unpaired) electrons. The molecule has 1 aromatic carbocycles. The van der Waals surface area contributed by atoms with Gasteiger partial charge in [-0.2, -0.15) is 0 Å². The summed E-state index contributed by atoms with van der Waals surface area (Å²) in [6, 6.07) is 7.17. The van der Waals surface area contributed by atoms with Gasteiger partial charge in [0.2, 0.25) is 0 Å². The van der Waals surface area contributed by atoms with Crippen LogP contribution in [0.1, 0.15) is 0 Å². The molecule has 0 aliphatic carbocycles. The van der Waals surface area contributed by atoms with Gasteiger partial charge in [0.1, 0.15) is 10.3 Å². The second-order valence-corrected chi connectivity index (χ2v) is 5.90. The summed E-state index contributed by atoms with van der Waals surface area (Å²) in [5.41, 5.74) is 1.40. The lowest BCUT2D eigenvalue weighted by molar-refractivity contribution is 1.16. The molecule has 0 aliphatic rings. The molecule has 0 unspecified atom stereocenters. The molecule has 0 saturated carbocycles. The summed E-state index contributed by atoms with van der Waals surface area (Å²) in [7, 11) is 0. The van der Waals surface area contributed by atoms with Crippen molar-refractivity contribution in [3.05, 3.63) is 51.2 Å². The molecule has 2 aromatic heterocycles. The predicted molar refractivity (Wildman–Crippen MR) is 83.6 cm³/mol. The van der Waals surface area contributed by atoms with Crippen LogP contribution < -0.4 is 0 Å². The van der Waals surface area contributed by atoms with E-state index in [9.17, 15) is 0 Å². The van der Waals surface area contributed by atoms with Crippen LogP contribution in [-0.2, 0) is 0 Å². The van der Waals surface area contributed by atoms with Crippen molar-refractivity contribution in [3.8, 4) is 22.0 Å². The Morgan fingerprint density at radius 2 is 1.55 bits per heavy atom. The van der Waals surface area contributed by atoms with Gasteiger partial charge in [-0.05, 0) is 17.7 Å². The van der Waals surface area contributed by atoms with E-state index in [0.717, 1.165) is 5.56 Å². The summed E-state index contributed by atoms with van der Waals surface area (Å²) in [4.78, 5) is 12.7. The number of hydrogen-bond acceptors (Lipinski definition) is 4. The molecule has 3 nitrogen and oxygen atoms in total. The maximum atomic E-state index is 6.23. The SMILES string of the molecule is Clc1ccc(-c2c(Cl)nc(-c3nccs3)nc2Cl)cc1. The molecular weight excluding hydrogens is 337 g/mol. The summed E-state index contributed by atoms with van der Waals surface area (Å²) in [5.74, 6) is 0.424. The largest absolute Gasteiger partial charge is 0.241 e. The Morgan fingerprint density at radius 1 is 0.900 bits per heavy atom. The van der Waals surface area contributed by atoms with Crippen molar-refractivity contribution < 1.29 is 0 Å². The van der Waals surface area contributed by atoms with Crippen molar-refractivity contribution in [2.75, 3.05) is 0 Å². The van der Waals surface area contributed by atoms with Crippen LogP contribution in [0, 0.1) is 0 Å². The minimum absolute atomic E-state index is 0.289. The molecular formula is C13H6Cl3N3S. The minimum Gasteiger partial charge on any atom is -0.241 e. The Kier molecular flexibility index (Phi) is 3.89. The quantitative estimate of drug-likeness (QED) is 0.599. The van der Waals surface area contributed by atoms with Crippen LogP contribution in [0.2, 0.25) is 15.3 Å². The molecule has 0 amide bonds. The van der Waals surface area contributed by atoms with E-state index in [-0.39, 0.29) is 10.3 Å². The van der Waals surface area contributed by atoms with Crippen molar-refractivity contribution in [1.29, 1.82) is 0 Å². The lowest BCUT2D eigenvalue weighted by atomic mass is 10.1. The van der Waals surface area contributed by atoms with Gasteiger partial charge in [0.25, 0.3) is 0 Å². The molecule has 2 heterocycles. The van der Waals surface area contributed by atoms with Crippen LogP contribution in [0.4, 0.5) is 0 Å². The fourth-order valence-corrected chi connectivity index (χ4v) is 2.99. The summed E-state index contributed by atoms with van der Waals surface area (Å²) >= 11 is 19.8. The van der Waals surface area contributed by atoms with Crippen LogP contribution in [0.3, 0.4) is 0 Å².